The highest BCUT2D eigenvalue weighted by atomic mass is 16.2. The summed E-state index contributed by atoms with van der Waals surface area (Å²) in [6.45, 7) is 2.96. The second-order valence-corrected chi connectivity index (χ2v) is 6.53. The van der Waals surface area contributed by atoms with Crippen molar-refractivity contribution in [1.82, 2.24) is 10.2 Å². The normalized spacial score (nSPS) is 24.7. The maximum Gasteiger partial charge on any atom is 0.241 e. The summed E-state index contributed by atoms with van der Waals surface area (Å²) in [7, 11) is 0. The van der Waals surface area contributed by atoms with E-state index in [1.165, 1.54) is 31.2 Å². The summed E-state index contributed by atoms with van der Waals surface area (Å²) in [5.74, 6) is 1.02. The maximum atomic E-state index is 12.6. The van der Waals surface area contributed by atoms with Gasteiger partial charge in [-0.05, 0) is 44.1 Å². The highest BCUT2D eigenvalue weighted by molar-refractivity contribution is 5.84. The molecule has 1 N–H and O–H groups in total. The van der Waals surface area contributed by atoms with Crippen molar-refractivity contribution in [2.75, 3.05) is 6.67 Å². The number of nitrogens with one attached hydrogen (secondary N) is 1. The van der Waals surface area contributed by atoms with Crippen LogP contribution in [0.4, 0.5) is 0 Å². The molecule has 2 unspecified atom stereocenters. The van der Waals surface area contributed by atoms with Crippen LogP contribution in [0.2, 0.25) is 0 Å². The van der Waals surface area contributed by atoms with E-state index in [1.54, 1.807) is 0 Å². The van der Waals surface area contributed by atoms with Crippen molar-refractivity contribution in [3.8, 4) is 0 Å². The van der Waals surface area contributed by atoms with Crippen LogP contribution in [-0.2, 0) is 11.2 Å². The highest BCUT2D eigenvalue weighted by Gasteiger charge is 2.36. The first-order chi connectivity index (χ1) is 10.3. The molecular formula is C18H26N2O. The van der Waals surface area contributed by atoms with Crippen LogP contribution in [0.3, 0.4) is 0 Å². The molecule has 3 rings (SSSR count). The molecule has 1 aromatic rings. The van der Waals surface area contributed by atoms with Gasteiger partial charge in [0.1, 0.15) is 0 Å². The summed E-state index contributed by atoms with van der Waals surface area (Å²) >= 11 is 0. The third-order valence-electron chi connectivity index (χ3n) is 5.23. The molecule has 2 aliphatic rings. The molecule has 3 heteroatoms. The number of carbonyl (C=O) groups excluding carboxylic acids is 1. The Morgan fingerprint density at radius 1 is 1.24 bits per heavy atom. The summed E-state index contributed by atoms with van der Waals surface area (Å²) < 4.78 is 0. The Hall–Kier alpha value is -1.35. The van der Waals surface area contributed by atoms with Crippen LogP contribution in [0, 0.1) is 5.92 Å². The first-order valence-corrected chi connectivity index (χ1v) is 8.33. The van der Waals surface area contributed by atoms with Crippen LogP contribution < -0.4 is 5.32 Å². The van der Waals surface area contributed by atoms with Gasteiger partial charge in [-0.15, -0.1) is 0 Å². The van der Waals surface area contributed by atoms with Crippen molar-refractivity contribution in [2.45, 2.75) is 57.5 Å². The van der Waals surface area contributed by atoms with Crippen molar-refractivity contribution in [2.24, 2.45) is 5.92 Å². The summed E-state index contributed by atoms with van der Waals surface area (Å²) in [5.41, 5.74) is 1.31. The Balaban J connectivity index is 1.53. The van der Waals surface area contributed by atoms with Gasteiger partial charge in [-0.1, -0.05) is 43.2 Å². The van der Waals surface area contributed by atoms with E-state index in [2.05, 4.69) is 41.4 Å². The summed E-state index contributed by atoms with van der Waals surface area (Å²) in [5, 5.41) is 3.41. The molecule has 0 radical (unpaired) electrons. The molecule has 1 aliphatic heterocycles. The van der Waals surface area contributed by atoms with E-state index in [0.29, 0.717) is 17.9 Å². The number of benzene rings is 1. The fourth-order valence-corrected chi connectivity index (χ4v) is 3.79. The van der Waals surface area contributed by atoms with E-state index < -0.39 is 0 Å². The van der Waals surface area contributed by atoms with E-state index in [4.69, 9.17) is 0 Å². The molecule has 1 heterocycles. The van der Waals surface area contributed by atoms with E-state index in [9.17, 15) is 4.79 Å². The van der Waals surface area contributed by atoms with E-state index in [-0.39, 0.29) is 6.04 Å². The second kappa shape index (κ2) is 6.61. The smallest absolute Gasteiger partial charge is 0.241 e. The molecule has 1 amide bonds. The summed E-state index contributed by atoms with van der Waals surface area (Å²) in [6.07, 6.45) is 7.12. The van der Waals surface area contributed by atoms with Gasteiger partial charge in [-0.2, -0.15) is 0 Å². The first-order valence-electron chi connectivity index (χ1n) is 8.33. The van der Waals surface area contributed by atoms with Gasteiger partial charge in [0.15, 0.2) is 0 Å². The molecule has 114 valence electrons. The fraction of sp³-hybridized carbons (Fsp3) is 0.611. The molecule has 0 aromatic heterocycles. The summed E-state index contributed by atoms with van der Waals surface area (Å²) in [4.78, 5) is 14.7. The third kappa shape index (κ3) is 3.29. The molecule has 0 bridgehead atoms. The molecule has 2 fully saturated rings. The van der Waals surface area contributed by atoms with Gasteiger partial charge in [-0.25, -0.2) is 0 Å². The standard InChI is InChI=1S/C18H26N2O/c1-14(16-9-5-6-10-16)20-13-19-17(18(20)21)12-11-15-7-3-2-4-8-15/h2-4,7-8,14,16-17,19H,5-6,9-13H2,1H3. The number of rotatable bonds is 5. The van der Waals surface area contributed by atoms with E-state index >= 15 is 0 Å². The number of carbonyl (C=O) groups is 1. The third-order valence-corrected chi connectivity index (χ3v) is 5.23. The predicted octanol–water partition coefficient (Wildman–Crippen LogP) is 2.96. The Labute approximate surface area is 127 Å². The quantitative estimate of drug-likeness (QED) is 0.902. The van der Waals surface area contributed by atoms with Crippen LogP contribution >= 0.6 is 0 Å². The van der Waals surface area contributed by atoms with Crippen LogP contribution in [0.25, 0.3) is 0 Å². The maximum absolute atomic E-state index is 12.6. The van der Waals surface area contributed by atoms with Gasteiger partial charge in [0.05, 0.1) is 12.7 Å². The number of hydrogen-bond donors (Lipinski definition) is 1. The highest BCUT2D eigenvalue weighted by Crippen LogP contribution is 2.31. The minimum Gasteiger partial charge on any atom is -0.326 e. The minimum absolute atomic E-state index is 0.00839. The molecule has 1 aliphatic carbocycles. The lowest BCUT2D eigenvalue weighted by Gasteiger charge is -2.29. The molecule has 3 nitrogen and oxygen atoms in total. The zero-order chi connectivity index (χ0) is 14.7. The van der Waals surface area contributed by atoms with Gasteiger partial charge >= 0.3 is 0 Å². The Morgan fingerprint density at radius 2 is 1.95 bits per heavy atom. The average molecular weight is 286 g/mol. The van der Waals surface area contributed by atoms with Gasteiger partial charge < -0.3 is 4.90 Å². The number of hydrogen-bond acceptors (Lipinski definition) is 2. The zero-order valence-corrected chi connectivity index (χ0v) is 12.9. The molecule has 2 atom stereocenters. The minimum atomic E-state index is 0.00839. The van der Waals surface area contributed by atoms with Crippen LogP contribution in [0.5, 0.6) is 0 Å². The molecular weight excluding hydrogens is 260 g/mol. The fourth-order valence-electron chi connectivity index (χ4n) is 3.79. The van der Waals surface area contributed by atoms with Crippen molar-refractivity contribution >= 4 is 5.91 Å². The lowest BCUT2D eigenvalue weighted by Crippen LogP contribution is -2.40. The van der Waals surface area contributed by atoms with Crippen molar-refractivity contribution in [3.63, 3.8) is 0 Å². The molecule has 1 saturated carbocycles. The van der Waals surface area contributed by atoms with Crippen LogP contribution in [0.15, 0.2) is 30.3 Å². The second-order valence-electron chi connectivity index (χ2n) is 6.53. The number of nitrogens with zero attached hydrogens (tertiary/aromatic N) is 1. The largest absolute Gasteiger partial charge is 0.326 e. The molecule has 1 aromatic carbocycles. The Kier molecular flexibility index (Phi) is 4.59. The van der Waals surface area contributed by atoms with Crippen molar-refractivity contribution in [1.29, 1.82) is 0 Å². The Morgan fingerprint density at radius 3 is 2.67 bits per heavy atom. The van der Waals surface area contributed by atoms with E-state index in [1.807, 2.05) is 6.07 Å². The number of aryl methyl sites for hydroxylation is 1. The first kappa shape index (κ1) is 14.6. The SMILES string of the molecule is CC(C1CCCC1)N1CNC(CCc2ccccc2)C1=O. The molecule has 1 saturated heterocycles. The van der Waals surface area contributed by atoms with Crippen molar-refractivity contribution in [3.05, 3.63) is 35.9 Å². The van der Waals surface area contributed by atoms with Gasteiger partial charge in [0.2, 0.25) is 5.91 Å². The van der Waals surface area contributed by atoms with Crippen molar-refractivity contribution < 1.29 is 4.79 Å². The predicted molar refractivity (Wildman–Crippen MR) is 84.8 cm³/mol. The summed E-state index contributed by atoms with van der Waals surface area (Å²) in [6, 6.07) is 10.8. The van der Waals surface area contributed by atoms with E-state index in [0.717, 1.165) is 19.5 Å². The number of amides is 1. The zero-order valence-electron chi connectivity index (χ0n) is 12.9. The lowest BCUT2D eigenvalue weighted by molar-refractivity contribution is -0.131. The van der Waals surface area contributed by atoms with Gasteiger partial charge in [0.25, 0.3) is 0 Å². The van der Waals surface area contributed by atoms with Gasteiger partial charge in [0, 0.05) is 6.04 Å². The molecule has 0 spiro atoms. The molecule has 21 heavy (non-hydrogen) atoms. The van der Waals surface area contributed by atoms with Gasteiger partial charge in [-0.3, -0.25) is 10.1 Å². The Bertz CT molecular complexity index is 467. The topological polar surface area (TPSA) is 32.3 Å². The monoisotopic (exact) mass is 286 g/mol. The van der Waals surface area contributed by atoms with Crippen LogP contribution in [-0.4, -0.2) is 29.6 Å². The lowest BCUT2D eigenvalue weighted by atomic mass is 9.98. The van der Waals surface area contributed by atoms with Crippen LogP contribution in [0.1, 0.15) is 44.6 Å². The average Bonchev–Trinajstić information content (AvgIpc) is 3.16.